The quantitative estimate of drug-likeness (QED) is 0.822. The lowest BCUT2D eigenvalue weighted by Gasteiger charge is -2.49. The van der Waals surface area contributed by atoms with Crippen molar-refractivity contribution in [3.63, 3.8) is 0 Å². The van der Waals surface area contributed by atoms with E-state index in [-0.39, 0.29) is 11.5 Å². The number of hydrogen-bond acceptors (Lipinski definition) is 2. The molecule has 3 heteroatoms. The standard InChI is InChI=1S/C14H24N2O/c1-4-6-16-7-5-11(10-16)9-15-12-8-13(17)14(12,2)3/h5,7,10,12-13,15,17H,4,6,8-9H2,1-3H3. The van der Waals surface area contributed by atoms with Crippen LogP contribution in [0.2, 0.25) is 0 Å². The summed E-state index contributed by atoms with van der Waals surface area (Å²) < 4.78 is 2.23. The zero-order chi connectivity index (χ0) is 12.5. The molecule has 3 nitrogen and oxygen atoms in total. The molecule has 1 heterocycles. The molecule has 96 valence electrons. The van der Waals surface area contributed by atoms with E-state index in [0.29, 0.717) is 6.04 Å². The van der Waals surface area contributed by atoms with Gasteiger partial charge in [-0.2, -0.15) is 0 Å². The Hall–Kier alpha value is -0.800. The van der Waals surface area contributed by atoms with Gasteiger partial charge in [0.05, 0.1) is 6.10 Å². The van der Waals surface area contributed by atoms with Crippen molar-refractivity contribution in [1.82, 2.24) is 9.88 Å². The largest absolute Gasteiger partial charge is 0.392 e. The zero-order valence-corrected chi connectivity index (χ0v) is 11.1. The molecule has 0 saturated heterocycles. The number of aromatic nitrogens is 1. The molecular weight excluding hydrogens is 212 g/mol. The van der Waals surface area contributed by atoms with Gasteiger partial charge in [0.15, 0.2) is 0 Å². The molecule has 1 aromatic rings. The summed E-state index contributed by atoms with van der Waals surface area (Å²) in [4.78, 5) is 0. The molecule has 2 unspecified atom stereocenters. The number of rotatable bonds is 5. The summed E-state index contributed by atoms with van der Waals surface area (Å²) in [6, 6.07) is 2.61. The van der Waals surface area contributed by atoms with Crippen LogP contribution in [-0.2, 0) is 13.1 Å². The molecule has 2 N–H and O–H groups in total. The minimum atomic E-state index is -0.148. The molecule has 0 aromatic carbocycles. The first kappa shape index (κ1) is 12.7. The van der Waals surface area contributed by atoms with Crippen LogP contribution in [0.15, 0.2) is 18.5 Å². The molecule has 0 spiro atoms. The lowest BCUT2D eigenvalue weighted by Crippen LogP contribution is -2.59. The van der Waals surface area contributed by atoms with Crippen LogP contribution in [0.25, 0.3) is 0 Å². The highest BCUT2D eigenvalue weighted by atomic mass is 16.3. The van der Waals surface area contributed by atoms with Gasteiger partial charge in [-0.1, -0.05) is 20.8 Å². The topological polar surface area (TPSA) is 37.2 Å². The van der Waals surface area contributed by atoms with Gasteiger partial charge in [-0.05, 0) is 24.5 Å². The number of aryl methyl sites for hydroxylation is 1. The van der Waals surface area contributed by atoms with Gasteiger partial charge in [-0.3, -0.25) is 0 Å². The van der Waals surface area contributed by atoms with Gasteiger partial charge < -0.3 is 15.0 Å². The van der Waals surface area contributed by atoms with Gasteiger partial charge in [0.25, 0.3) is 0 Å². The van der Waals surface area contributed by atoms with E-state index in [1.807, 2.05) is 0 Å². The molecular formula is C14H24N2O. The summed E-state index contributed by atoms with van der Waals surface area (Å²) in [7, 11) is 0. The lowest BCUT2D eigenvalue weighted by atomic mass is 9.64. The van der Waals surface area contributed by atoms with E-state index in [0.717, 1.165) is 19.5 Å². The van der Waals surface area contributed by atoms with Gasteiger partial charge in [-0.25, -0.2) is 0 Å². The SMILES string of the molecule is CCCn1ccc(CNC2CC(O)C2(C)C)c1. The maximum Gasteiger partial charge on any atom is 0.0621 e. The van der Waals surface area contributed by atoms with Crippen LogP contribution in [0.1, 0.15) is 39.2 Å². The average molecular weight is 236 g/mol. The molecule has 0 radical (unpaired) electrons. The van der Waals surface area contributed by atoms with E-state index in [1.54, 1.807) is 0 Å². The summed E-state index contributed by atoms with van der Waals surface area (Å²) in [5.74, 6) is 0. The van der Waals surface area contributed by atoms with Crippen molar-refractivity contribution in [2.45, 2.75) is 58.8 Å². The third kappa shape index (κ3) is 2.55. The monoisotopic (exact) mass is 236 g/mol. The molecule has 1 aliphatic carbocycles. The number of aliphatic hydroxyl groups excluding tert-OH is 1. The molecule has 0 aliphatic heterocycles. The van der Waals surface area contributed by atoms with Crippen molar-refractivity contribution >= 4 is 0 Å². The van der Waals surface area contributed by atoms with Gasteiger partial charge >= 0.3 is 0 Å². The predicted octanol–water partition coefficient (Wildman–Crippen LogP) is 2.15. The van der Waals surface area contributed by atoms with E-state index in [2.05, 4.69) is 49.1 Å². The molecule has 1 saturated carbocycles. The van der Waals surface area contributed by atoms with Crippen LogP contribution < -0.4 is 5.32 Å². The molecule has 0 bridgehead atoms. The molecule has 1 fully saturated rings. The minimum absolute atomic E-state index is 0.0198. The number of hydrogen-bond donors (Lipinski definition) is 2. The summed E-state index contributed by atoms with van der Waals surface area (Å²) in [5.41, 5.74) is 1.35. The van der Waals surface area contributed by atoms with E-state index >= 15 is 0 Å². The van der Waals surface area contributed by atoms with Crippen molar-refractivity contribution in [2.24, 2.45) is 5.41 Å². The van der Waals surface area contributed by atoms with Crippen LogP contribution in [-0.4, -0.2) is 21.8 Å². The van der Waals surface area contributed by atoms with E-state index in [9.17, 15) is 5.11 Å². The highest BCUT2D eigenvalue weighted by Gasteiger charge is 2.46. The van der Waals surface area contributed by atoms with Gasteiger partial charge in [0, 0.05) is 36.9 Å². The van der Waals surface area contributed by atoms with Crippen molar-refractivity contribution in [2.75, 3.05) is 0 Å². The van der Waals surface area contributed by atoms with E-state index in [4.69, 9.17) is 0 Å². The Labute approximate surface area is 104 Å². The van der Waals surface area contributed by atoms with Crippen LogP contribution >= 0.6 is 0 Å². The summed E-state index contributed by atoms with van der Waals surface area (Å²) in [6.45, 7) is 8.43. The fourth-order valence-corrected chi connectivity index (χ4v) is 2.48. The maximum absolute atomic E-state index is 9.67. The number of aliphatic hydroxyl groups is 1. The maximum atomic E-state index is 9.67. The Bertz CT molecular complexity index is 370. The Kier molecular flexibility index (Phi) is 3.59. The third-order valence-electron chi connectivity index (χ3n) is 4.06. The van der Waals surface area contributed by atoms with Crippen LogP contribution in [0.3, 0.4) is 0 Å². The number of nitrogens with one attached hydrogen (secondary N) is 1. The zero-order valence-electron chi connectivity index (χ0n) is 11.1. The van der Waals surface area contributed by atoms with Crippen LogP contribution in [0.4, 0.5) is 0 Å². The molecule has 2 rings (SSSR count). The Balaban J connectivity index is 1.82. The first-order valence-corrected chi connectivity index (χ1v) is 6.60. The summed E-state index contributed by atoms with van der Waals surface area (Å²) >= 11 is 0. The second kappa shape index (κ2) is 4.83. The Morgan fingerprint density at radius 3 is 2.88 bits per heavy atom. The first-order chi connectivity index (χ1) is 8.04. The fraction of sp³-hybridized carbons (Fsp3) is 0.714. The van der Waals surface area contributed by atoms with Crippen molar-refractivity contribution in [3.8, 4) is 0 Å². The third-order valence-corrected chi connectivity index (χ3v) is 4.06. The molecule has 2 atom stereocenters. The van der Waals surface area contributed by atoms with E-state index in [1.165, 1.54) is 12.0 Å². The average Bonchev–Trinajstić information content (AvgIpc) is 2.72. The fourth-order valence-electron chi connectivity index (χ4n) is 2.48. The normalized spacial score (nSPS) is 26.8. The minimum Gasteiger partial charge on any atom is -0.392 e. The predicted molar refractivity (Wildman–Crippen MR) is 69.8 cm³/mol. The number of nitrogens with zero attached hydrogens (tertiary/aromatic N) is 1. The summed E-state index contributed by atoms with van der Waals surface area (Å²) in [5, 5.41) is 13.2. The van der Waals surface area contributed by atoms with Gasteiger partial charge in [0.2, 0.25) is 0 Å². The Morgan fingerprint density at radius 1 is 1.53 bits per heavy atom. The molecule has 17 heavy (non-hydrogen) atoms. The van der Waals surface area contributed by atoms with Gasteiger partial charge in [0.1, 0.15) is 0 Å². The van der Waals surface area contributed by atoms with Crippen LogP contribution in [0.5, 0.6) is 0 Å². The highest BCUT2D eigenvalue weighted by molar-refractivity contribution is 5.11. The van der Waals surface area contributed by atoms with Crippen molar-refractivity contribution in [3.05, 3.63) is 24.0 Å². The lowest BCUT2D eigenvalue weighted by molar-refractivity contribution is -0.0729. The highest BCUT2D eigenvalue weighted by Crippen LogP contribution is 2.40. The van der Waals surface area contributed by atoms with E-state index < -0.39 is 0 Å². The first-order valence-electron chi connectivity index (χ1n) is 6.60. The summed E-state index contributed by atoms with van der Waals surface area (Å²) in [6.07, 6.45) is 6.25. The second-order valence-corrected chi connectivity index (χ2v) is 5.76. The van der Waals surface area contributed by atoms with Crippen molar-refractivity contribution in [1.29, 1.82) is 0 Å². The molecule has 0 amide bonds. The Morgan fingerprint density at radius 2 is 2.29 bits per heavy atom. The van der Waals surface area contributed by atoms with Crippen LogP contribution in [0, 0.1) is 5.41 Å². The smallest absolute Gasteiger partial charge is 0.0621 e. The van der Waals surface area contributed by atoms with Gasteiger partial charge in [-0.15, -0.1) is 0 Å². The second-order valence-electron chi connectivity index (χ2n) is 5.76. The molecule has 1 aromatic heterocycles. The molecule has 1 aliphatic rings. The van der Waals surface area contributed by atoms with Crippen molar-refractivity contribution < 1.29 is 5.11 Å².